The van der Waals surface area contributed by atoms with Gasteiger partial charge in [0.25, 0.3) is 5.91 Å². The topological polar surface area (TPSA) is 68.3 Å². The van der Waals surface area contributed by atoms with Crippen LogP contribution >= 0.6 is 11.8 Å². The van der Waals surface area contributed by atoms with Crippen molar-refractivity contribution in [1.82, 2.24) is 10.3 Å². The van der Waals surface area contributed by atoms with Crippen molar-refractivity contribution in [3.8, 4) is 0 Å². The zero-order valence-corrected chi connectivity index (χ0v) is 13.1. The Kier molecular flexibility index (Phi) is 5.61. The Morgan fingerprint density at radius 2 is 2.14 bits per heavy atom. The maximum Gasteiger partial charge on any atom is 0.341 e. The van der Waals surface area contributed by atoms with Crippen LogP contribution in [-0.4, -0.2) is 35.3 Å². The van der Waals surface area contributed by atoms with Gasteiger partial charge >= 0.3 is 5.97 Å². The maximum atomic E-state index is 12.1. The first-order valence-corrected chi connectivity index (χ1v) is 8.34. The minimum absolute atomic E-state index is 0.221. The summed E-state index contributed by atoms with van der Waals surface area (Å²) in [5.41, 5.74) is 0.394. The molecular formula is C15H20N2O3S. The number of nitrogens with zero attached hydrogens (tertiary/aromatic N) is 1. The molecule has 21 heavy (non-hydrogen) atoms. The highest BCUT2D eigenvalue weighted by molar-refractivity contribution is 7.98. The molecule has 0 saturated heterocycles. The largest absolute Gasteiger partial charge is 0.449 e. The van der Waals surface area contributed by atoms with E-state index in [1.807, 2.05) is 6.26 Å². The molecule has 1 heterocycles. The Bertz CT molecular complexity index is 515. The van der Waals surface area contributed by atoms with Crippen LogP contribution in [0.1, 0.15) is 43.0 Å². The minimum Gasteiger partial charge on any atom is -0.449 e. The van der Waals surface area contributed by atoms with Crippen molar-refractivity contribution in [1.29, 1.82) is 0 Å². The van der Waals surface area contributed by atoms with E-state index in [-0.39, 0.29) is 11.9 Å². The second-order valence-electron chi connectivity index (χ2n) is 5.10. The number of carbonyl (C=O) groups is 2. The van der Waals surface area contributed by atoms with Gasteiger partial charge in [0.2, 0.25) is 0 Å². The van der Waals surface area contributed by atoms with Crippen LogP contribution in [0.25, 0.3) is 0 Å². The van der Waals surface area contributed by atoms with E-state index in [1.54, 1.807) is 25.3 Å². The van der Waals surface area contributed by atoms with Gasteiger partial charge in [-0.2, -0.15) is 0 Å². The number of thioether (sulfide) groups is 1. The highest BCUT2D eigenvalue weighted by atomic mass is 32.2. The molecule has 0 spiro atoms. The minimum atomic E-state index is -0.798. The number of hydrogen-bond acceptors (Lipinski definition) is 5. The normalized spacial score (nSPS) is 16.5. The Morgan fingerprint density at radius 3 is 2.81 bits per heavy atom. The second-order valence-corrected chi connectivity index (χ2v) is 5.89. The van der Waals surface area contributed by atoms with Gasteiger partial charge in [-0.3, -0.25) is 4.79 Å². The molecule has 2 rings (SSSR count). The average molecular weight is 308 g/mol. The molecular weight excluding hydrogens is 288 g/mol. The third-order valence-corrected chi connectivity index (χ3v) is 4.25. The summed E-state index contributed by atoms with van der Waals surface area (Å²) < 4.78 is 5.25. The molecule has 1 unspecified atom stereocenters. The first-order valence-electron chi connectivity index (χ1n) is 7.12. The number of amides is 1. The SMILES string of the molecule is CSc1ncccc1C(=O)OC(C)C(=O)NC1CCCC1. The van der Waals surface area contributed by atoms with Gasteiger partial charge in [0.15, 0.2) is 6.10 Å². The predicted octanol–water partition coefficient (Wildman–Crippen LogP) is 2.41. The smallest absolute Gasteiger partial charge is 0.341 e. The number of rotatable bonds is 5. The lowest BCUT2D eigenvalue weighted by atomic mass is 10.2. The summed E-state index contributed by atoms with van der Waals surface area (Å²) in [5.74, 6) is -0.744. The maximum absolute atomic E-state index is 12.1. The Morgan fingerprint density at radius 1 is 1.43 bits per heavy atom. The molecule has 0 aromatic carbocycles. The van der Waals surface area contributed by atoms with Gasteiger partial charge in [-0.1, -0.05) is 12.8 Å². The Balaban J connectivity index is 1.93. The lowest BCUT2D eigenvalue weighted by Gasteiger charge is -2.17. The molecule has 1 aliphatic rings. The summed E-state index contributed by atoms with van der Waals surface area (Å²) in [7, 11) is 0. The number of aromatic nitrogens is 1. The molecule has 1 atom stereocenters. The molecule has 0 radical (unpaired) electrons. The van der Waals surface area contributed by atoms with Crippen LogP contribution in [0.15, 0.2) is 23.4 Å². The summed E-state index contributed by atoms with van der Waals surface area (Å²) in [6, 6.07) is 3.56. The van der Waals surface area contributed by atoms with E-state index < -0.39 is 12.1 Å². The number of ether oxygens (including phenoxy) is 1. The van der Waals surface area contributed by atoms with Crippen LogP contribution in [0.4, 0.5) is 0 Å². The van der Waals surface area contributed by atoms with E-state index in [9.17, 15) is 9.59 Å². The van der Waals surface area contributed by atoms with E-state index in [0.29, 0.717) is 10.6 Å². The molecule has 1 aromatic rings. The lowest BCUT2D eigenvalue weighted by molar-refractivity contribution is -0.129. The van der Waals surface area contributed by atoms with E-state index in [0.717, 1.165) is 25.7 Å². The lowest BCUT2D eigenvalue weighted by Crippen LogP contribution is -2.40. The molecule has 1 amide bonds. The zero-order chi connectivity index (χ0) is 15.2. The summed E-state index contributed by atoms with van der Waals surface area (Å²) in [6.07, 6.45) is 6.97. The van der Waals surface area contributed by atoms with Crippen molar-refractivity contribution in [2.24, 2.45) is 0 Å². The van der Waals surface area contributed by atoms with Crippen molar-refractivity contribution in [2.45, 2.75) is 49.8 Å². The van der Waals surface area contributed by atoms with Crippen LogP contribution in [0.5, 0.6) is 0 Å². The van der Waals surface area contributed by atoms with E-state index in [2.05, 4.69) is 10.3 Å². The molecule has 1 aromatic heterocycles. The average Bonchev–Trinajstić information content (AvgIpc) is 2.99. The fourth-order valence-corrected chi connectivity index (χ4v) is 2.91. The Hall–Kier alpha value is -1.56. The van der Waals surface area contributed by atoms with Gasteiger partial charge in [0.05, 0.1) is 5.56 Å². The summed E-state index contributed by atoms with van der Waals surface area (Å²) in [4.78, 5) is 28.2. The molecule has 1 aliphatic carbocycles. The first kappa shape index (κ1) is 15.8. The quantitative estimate of drug-likeness (QED) is 0.668. The monoisotopic (exact) mass is 308 g/mol. The second kappa shape index (κ2) is 7.45. The molecule has 0 bridgehead atoms. The van der Waals surface area contributed by atoms with Gasteiger partial charge < -0.3 is 10.1 Å². The number of hydrogen-bond donors (Lipinski definition) is 1. The van der Waals surface area contributed by atoms with E-state index in [1.165, 1.54) is 11.8 Å². The van der Waals surface area contributed by atoms with Gasteiger partial charge in [-0.15, -0.1) is 11.8 Å². The zero-order valence-electron chi connectivity index (χ0n) is 12.3. The van der Waals surface area contributed by atoms with Gasteiger partial charge in [-0.25, -0.2) is 9.78 Å². The van der Waals surface area contributed by atoms with Gasteiger partial charge in [0.1, 0.15) is 5.03 Å². The third kappa shape index (κ3) is 4.20. The molecule has 114 valence electrons. The number of nitrogens with one attached hydrogen (secondary N) is 1. The Labute approximate surface area is 128 Å². The molecule has 5 nitrogen and oxygen atoms in total. The highest BCUT2D eigenvalue weighted by Crippen LogP contribution is 2.19. The van der Waals surface area contributed by atoms with E-state index in [4.69, 9.17) is 4.74 Å². The number of esters is 1. The van der Waals surface area contributed by atoms with Crippen molar-refractivity contribution in [3.63, 3.8) is 0 Å². The number of pyridine rings is 1. The molecule has 1 saturated carbocycles. The van der Waals surface area contributed by atoms with Crippen LogP contribution in [0.2, 0.25) is 0 Å². The number of carbonyl (C=O) groups excluding carboxylic acids is 2. The third-order valence-electron chi connectivity index (χ3n) is 3.54. The van der Waals surface area contributed by atoms with Crippen molar-refractivity contribution in [2.75, 3.05) is 6.26 Å². The van der Waals surface area contributed by atoms with Gasteiger partial charge in [0, 0.05) is 12.2 Å². The summed E-state index contributed by atoms with van der Waals surface area (Å²) >= 11 is 1.37. The van der Waals surface area contributed by atoms with Crippen LogP contribution < -0.4 is 5.32 Å². The van der Waals surface area contributed by atoms with Crippen molar-refractivity contribution >= 4 is 23.6 Å². The predicted molar refractivity (Wildman–Crippen MR) is 81.3 cm³/mol. The molecule has 1 N–H and O–H groups in total. The molecule has 0 aliphatic heterocycles. The van der Waals surface area contributed by atoms with Crippen molar-refractivity contribution < 1.29 is 14.3 Å². The van der Waals surface area contributed by atoms with Crippen LogP contribution in [0.3, 0.4) is 0 Å². The van der Waals surface area contributed by atoms with Crippen LogP contribution in [-0.2, 0) is 9.53 Å². The fourth-order valence-electron chi connectivity index (χ4n) is 2.38. The highest BCUT2D eigenvalue weighted by Gasteiger charge is 2.24. The molecule has 1 fully saturated rings. The fraction of sp³-hybridized carbons (Fsp3) is 0.533. The summed E-state index contributed by atoms with van der Waals surface area (Å²) in [5, 5.41) is 3.53. The van der Waals surface area contributed by atoms with Crippen LogP contribution in [0, 0.1) is 0 Å². The van der Waals surface area contributed by atoms with E-state index >= 15 is 0 Å². The van der Waals surface area contributed by atoms with Crippen molar-refractivity contribution in [3.05, 3.63) is 23.9 Å². The van der Waals surface area contributed by atoms with Gasteiger partial charge in [-0.05, 0) is 38.2 Å². The standard InChI is InChI=1S/C15H20N2O3S/c1-10(13(18)17-11-6-3-4-7-11)20-15(19)12-8-5-9-16-14(12)21-2/h5,8-11H,3-4,6-7H2,1-2H3,(H,17,18). The summed E-state index contributed by atoms with van der Waals surface area (Å²) in [6.45, 7) is 1.59. The molecule has 6 heteroatoms. The first-order chi connectivity index (χ1) is 10.1.